The van der Waals surface area contributed by atoms with Crippen molar-refractivity contribution in [3.8, 4) is 0 Å². The lowest BCUT2D eigenvalue weighted by molar-refractivity contribution is -0.117. The van der Waals surface area contributed by atoms with Gasteiger partial charge in [-0.1, -0.05) is 0 Å². The number of carbonyl (C=O) groups is 2. The van der Waals surface area contributed by atoms with Crippen LogP contribution < -0.4 is 16.4 Å². The highest BCUT2D eigenvalue weighted by Gasteiger charge is 2.29. The number of hydrogen-bond donors (Lipinski definition) is 3. The number of nitrogen functional groups attached to an aromatic ring is 1. The number of amides is 2. The summed E-state index contributed by atoms with van der Waals surface area (Å²) >= 11 is 0. The van der Waals surface area contributed by atoms with Crippen LogP contribution in [0.25, 0.3) is 10.8 Å². The fourth-order valence-corrected chi connectivity index (χ4v) is 2.63. The number of hydrogen-bond acceptors (Lipinski definition) is 5. The van der Waals surface area contributed by atoms with E-state index in [1.54, 1.807) is 19.4 Å². The van der Waals surface area contributed by atoms with Crippen LogP contribution in [0.2, 0.25) is 0 Å². The van der Waals surface area contributed by atoms with Gasteiger partial charge in [0.25, 0.3) is 0 Å². The van der Waals surface area contributed by atoms with Gasteiger partial charge < -0.3 is 21.1 Å². The Bertz CT molecular complexity index is 774. The summed E-state index contributed by atoms with van der Waals surface area (Å²) in [4.78, 5) is 26.6. The van der Waals surface area contributed by atoms with Crippen molar-refractivity contribution in [2.24, 2.45) is 5.92 Å². The molecule has 1 aromatic carbocycles. The number of nitrogens with zero attached hydrogens (tertiary/aromatic N) is 1. The van der Waals surface area contributed by atoms with Crippen molar-refractivity contribution in [2.45, 2.75) is 18.9 Å². The third-order valence-electron chi connectivity index (χ3n) is 4.13. The van der Waals surface area contributed by atoms with E-state index >= 15 is 0 Å². The summed E-state index contributed by atoms with van der Waals surface area (Å²) in [5.41, 5.74) is 7.54. The molecule has 0 spiro atoms. The molecule has 0 saturated heterocycles. The first kappa shape index (κ1) is 16.2. The van der Waals surface area contributed by atoms with E-state index in [9.17, 15) is 9.59 Å². The molecular formula is C17H20N4O3. The van der Waals surface area contributed by atoms with E-state index in [-0.39, 0.29) is 17.9 Å². The first-order valence-electron chi connectivity index (χ1n) is 7.82. The summed E-state index contributed by atoms with van der Waals surface area (Å²) in [6.45, 7) is 0.349. The van der Waals surface area contributed by atoms with E-state index in [1.165, 1.54) is 0 Å². The normalized spacial score (nSPS) is 15.0. The molecule has 1 fully saturated rings. The Morgan fingerprint density at radius 1 is 1.46 bits per heavy atom. The molecule has 2 aromatic rings. The molecule has 7 heteroatoms. The lowest BCUT2D eigenvalue weighted by atomic mass is 10.0. The fraction of sp³-hybridized carbons (Fsp3) is 0.353. The van der Waals surface area contributed by atoms with Gasteiger partial charge in [0.1, 0.15) is 5.82 Å². The Balaban J connectivity index is 1.91. The molecule has 7 nitrogen and oxygen atoms in total. The van der Waals surface area contributed by atoms with Gasteiger partial charge in [-0.2, -0.15) is 0 Å². The predicted molar refractivity (Wildman–Crippen MR) is 91.3 cm³/mol. The third-order valence-corrected chi connectivity index (χ3v) is 4.13. The second-order valence-corrected chi connectivity index (χ2v) is 5.91. The molecule has 1 aliphatic carbocycles. The molecule has 24 heavy (non-hydrogen) atoms. The number of anilines is 2. The van der Waals surface area contributed by atoms with Gasteiger partial charge in [0.2, 0.25) is 12.3 Å². The van der Waals surface area contributed by atoms with Gasteiger partial charge in [-0.25, -0.2) is 4.98 Å². The number of carbonyl (C=O) groups excluding carboxylic acids is 2. The lowest BCUT2D eigenvalue weighted by Crippen LogP contribution is -2.21. The van der Waals surface area contributed by atoms with Gasteiger partial charge in [0.05, 0.1) is 6.10 Å². The van der Waals surface area contributed by atoms with Gasteiger partial charge in [0.15, 0.2) is 0 Å². The Morgan fingerprint density at radius 3 is 2.92 bits per heavy atom. The van der Waals surface area contributed by atoms with Gasteiger partial charge in [-0.15, -0.1) is 0 Å². The first-order valence-corrected chi connectivity index (χ1v) is 7.82. The minimum Gasteiger partial charge on any atom is -0.398 e. The summed E-state index contributed by atoms with van der Waals surface area (Å²) in [5, 5.41) is 7.11. The Labute approximate surface area is 139 Å². The zero-order valence-corrected chi connectivity index (χ0v) is 13.4. The molecule has 2 amide bonds. The summed E-state index contributed by atoms with van der Waals surface area (Å²) in [5.74, 6) is 0.637. The molecule has 1 aliphatic rings. The molecule has 1 aromatic heterocycles. The SMILES string of the molecule is COC(CNC=O)c1cc(N)c2cnc(NC(=O)C3CC3)cc2c1. The molecule has 0 aliphatic heterocycles. The average molecular weight is 328 g/mol. The molecule has 126 valence electrons. The number of benzene rings is 1. The van der Waals surface area contributed by atoms with Crippen LogP contribution in [0.4, 0.5) is 11.5 Å². The van der Waals surface area contributed by atoms with Gasteiger partial charge >= 0.3 is 0 Å². The highest BCUT2D eigenvalue weighted by atomic mass is 16.5. The number of ether oxygens (including phenoxy) is 1. The number of fused-ring (bicyclic) bond motifs is 1. The standard InChI is InChI=1S/C17H20N4O3/c1-24-15(8-19-9-22)12-4-11-6-16(21-17(23)10-2-3-10)20-7-13(11)14(18)5-12/h4-7,9-10,15H,2-3,8,18H2,1H3,(H,19,22)(H,20,21,23). The highest BCUT2D eigenvalue weighted by molar-refractivity contribution is 5.98. The molecule has 1 saturated carbocycles. The van der Waals surface area contributed by atoms with Crippen LogP contribution in [-0.2, 0) is 14.3 Å². The van der Waals surface area contributed by atoms with E-state index in [0.717, 1.165) is 29.2 Å². The number of methoxy groups -OCH3 is 1. The van der Waals surface area contributed by atoms with Crippen molar-refractivity contribution < 1.29 is 14.3 Å². The molecule has 1 atom stereocenters. The monoisotopic (exact) mass is 328 g/mol. The van der Waals surface area contributed by atoms with Crippen molar-refractivity contribution >= 4 is 34.6 Å². The number of pyridine rings is 1. The lowest BCUT2D eigenvalue weighted by Gasteiger charge is -2.17. The van der Waals surface area contributed by atoms with E-state index in [4.69, 9.17) is 10.5 Å². The Hall–Kier alpha value is -2.67. The van der Waals surface area contributed by atoms with Crippen LogP contribution in [0.1, 0.15) is 24.5 Å². The van der Waals surface area contributed by atoms with E-state index < -0.39 is 0 Å². The minimum atomic E-state index is -0.306. The maximum atomic E-state index is 11.9. The van der Waals surface area contributed by atoms with E-state index in [2.05, 4.69) is 15.6 Å². The van der Waals surface area contributed by atoms with Crippen molar-refractivity contribution in [3.05, 3.63) is 30.0 Å². The maximum Gasteiger partial charge on any atom is 0.228 e. The number of nitrogens with one attached hydrogen (secondary N) is 2. The second-order valence-electron chi connectivity index (χ2n) is 5.91. The summed E-state index contributed by atoms with van der Waals surface area (Å²) < 4.78 is 5.41. The summed E-state index contributed by atoms with van der Waals surface area (Å²) in [6.07, 6.45) is 3.86. The zero-order chi connectivity index (χ0) is 17.1. The van der Waals surface area contributed by atoms with Crippen LogP contribution in [0.15, 0.2) is 24.4 Å². The highest BCUT2D eigenvalue weighted by Crippen LogP contribution is 2.31. The summed E-state index contributed by atoms with van der Waals surface area (Å²) in [7, 11) is 1.57. The minimum absolute atomic E-state index is 0.0101. The molecule has 0 radical (unpaired) electrons. The van der Waals surface area contributed by atoms with Gasteiger partial charge in [-0.3, -0.25) is 9.59 Å². The topological polar surface area (TPSA) is 106 Å². The largest absolute Gasteiger partial charge is 0.398 e. The van der Waals surface area contributed by atoms with Crippen LogP contribution in [-0.4, -0.2) is 31.0 Å². The summed E-state index contributed by atoms with van der Waals surface area (Å²) in [6, 6.07) is 5.54. The molecule has 1 unspecified atom stereocenters. The first-order chi connectivity index (χ1) is 11.6. The molecular weight excluding hydrogens is 308 g/mol. The van der Waals surface area contributed by atoms with Crippen molar-refractivity contribution in [2.75, 3.05) is 24.7 Å². The van der Waals surface area contributed by atoms with Crippen LogP contribution >= 0.6 is 0 Å². The van der Waals surface area contributed by atoms with Gasteiger partial charge in [-0.05, 0) is 42.0 Å². The third kappa shape index (κ3) is 3.46. The zero-order valence-electron chi connectivity index (χ0n) is 13.4. The van der Waals surface area contributed by atoms with Crippen LogP contribution in [0.5, 0.6) is 0 Å². The number of aromatic nitrogens is 1. The molecule has 0 bridgehead atoms. The smallest absolute Gasteiger partial charge is 0.228 e. The predicted octanol–water partition coefficient (Wildman–Crippen LogP) is 1.60. The van der Waals surface area contributed by atoms with Crippen molar-refractivity contribution in [1.29, 1.82) is 0 Å². The molecule has 1 heterocycles. The van der Waals surface area contributed by atoms with Crippen LogP contribution in [0.3, 0.4) is 0 Å². The number of rotatable bonds is 7. The maximum absolute atomic E-state index is 11.9. The quantitative estimate of drug-likeness (QED) is 0.529. The van der Waals surface area contributed by atoms with E-state index in [0.29, 0.717) is 24.5 Å². The Morgan fingerprint density at radius 2 is 2.25 bits per heavy atom. The van der Waals surface area contributed by atoms with Crippen molar-refractivity contribution in [1.82, 2.24) is 10.3 Å². The van der Waals surface area contributed by atoms with Gasteiger partial charge in [0, 0.05) is 36.8 Å². The van der Waals surface area contributed by atoms with Crippen LogP contribution in [0, 0.1) is 5.92 Å². The second kappa shape index (κ2) is 6.84. The Kier molecular flexibility index (Phi) is 4.61. The van der Waals surface area contributed by atoms with Crippen molar-refractivity contribution in [3.63, 3.8) is 0 Å². The average Bonchev–Trinajstić information content (AvgIpc) is 3.40. The number of nitrogens with two attached hydrogens (primary N) is 1. The molecule has 4 N–H and O–H groups in total. The molecule has 3 rings (SSSR count). The fourth-order valence-electron chi connectivity index (χ4n) is 2.63. The van der Waals surface area contributed by atoms with E-state index in [1.807, 2.05) is 12.1 Å².